The SMILES string of the molecule is CC(=O)Nc1c(O)cccc1F.CC(=O)Nc1c(O)cccc1F. The largest absolute Gasteiger partial charge is 0.506 e. The first-order chi connectivity index (χ1) is 11.2. The van der Waals surface area contributed by atoms with Crippen molar-refractivity contribution in [3.05, 3.63) is 48.0 Å². The lowest BCUT2D eigenvalue weighted by Crippen LogP contribution is -2.07. The van der Waals surface area contributed by atoms with Gasteiger partial charge in [-0.3, -0.25) is 9.59 Å². The van der Waals surface area contributed by atoms with Crippen LogP contribution in [-0.4, -0.2) is 22.0 Å². The maximum atomic E-state index is 12.8. The molecule has 8 heteroatoms. The Morgan fingerprint density at radius 3 is 1.38 bits per heavy atom. The molecule has 2 aromatic carbocycles. The van der Waals surface area contributed by atoms with E-state index in [9.17, 15) is 18.4 Å². The van der Waals surface area contributed by atoms with Crippen molar-refractivity contribution < 1.29 is 28.6 Å². The van der Waals surface area contributed by atoms with E-state index in [1.165, 1.54) is 38.1 Å². The van der Waals surface area contributed by atoms with Gasteiger partial charge in [0.15, 0.2) is 11.6 Å². The van der Waals surface area contributed by atoms with E-state index in [1.54, 1.807) is 0 Å². The predicted octanol–water partition coefficient (Wildman–Crippen LogP) is 2.98. The van der Waals surface area contributed by atoms with E-state index < -0.39 is 23.4 Å². The van der Waals surface area contributed by atoms with Gasteiger partial charge in [-0.2, -0.15) is 0 Å². The maximum Gasteiger partial charge on any atom is 0.221 e. The van der Waals surface area contributed by atoms with Crippen molar-refractivity contribution in [3.63, 3.8) is 0 Å². The Kier molecular flexibility index (Phi) is 6.66. The van der Waals surface area contributed by atoms with Crippen LogP contribution in [0, 0.1) is 11.6 Å². The quantitative estimate of drug-likeness (QED) is 0.633. The Balaban J connectivity index is 0.000000240. The summed E-state index contributed by atoms with van der Waals surface area (Å²) >= 11 is 0. The van der Waals surface area contributed by atoms with Crippen LogP contribution in [0.15, 0.2) is 36.4 Å². The van der Waals surface area contributed by atoms with Crippen LogP contribution < -0.4 is 10.6 Å². The first kappa shape index (κ1) is 18.9. The molecule has 0 fully saturated rings. The lowest BCUT2D eigenvalue weighted by Gasteiger charge is -2.04. The normalized spacial score (nSPS) is 9.50. The zero-order valence-corrected chi connectivity index (χ0v) is 12.9. The molecule has 0 saturated heterocycles. The van der Waals surface area contributed by atoms with Crippen LogP contribution in [0.2, 0.25) is 0 Å². The average Bonchev–Trinajstić information content (AvgIpc) is 2.47. The molecule has 2 rings (SSSR count). The minimum absolute atomic E-state index is 0.176. The number of halogens is 2. The molecular weight excluding hydrogens is 322 g/mol. The number of benzene rings is 2. The first-order valence-electron chi connectivity index (χ1n) is 6.72. The van der Waals surface area contributed by atoms with Gasteiger partial charge in [-0.05, 0) is 24.3 Å². The predicted molar refractivity (Wildman–Crippen MR) is 84.7 cm³/mol. The minimum Gasteiger partial charge on any atom is -0.506 e. The number of aromatic hydroxyl groups is 2. The second kappa shape index (κ2) is 8.47. The summed E-state index contributed by atoms with van der Waals surface area (Å²) in [5, 5.41) is 22.5. The van der Waals surface area contributed by atoms with Gasteiger partial charge in [0.25, 0.3) is 0 Å². The number of carbonyl (C=O) groups is 2. The summed E-state index contributed by atoms with van der Waals surface area (Å²) in [6.07, 6.45) is 0. The number of para-hydroxylation sites is 2. The lowest BCUT2D eigenvalue weighted by atomic mass is 10.3. The van der Waals surface area contributed by atoms with Crippen LogP contribution in [0.1, 0.15) is 13.8 Å². The van der Waals surface area contributed by atoms with Crippen LogP contribution in [0.25, 0.3) is 0 Å². The number of hydrogen-bond acceptors (Lipinski definition) is 4. The molecule has 24 heavy (non-hydrogen) atoms. The summed E-state index contributed by atoms with van der Waals surface area (Å²) in [5.41, 5.74) is -0.352. The highest BCUT2D eigenvalue weighted by atomic mass is 19.1. The van der Waals surface area contributed by atoms with Gasteiger partial charge >= 0.3 is 0 Å². The summed E-state index contributed by atoms with van der Waals surface area (Å²) in [6, 6.07) is 7.63. The second-order valence-corrected chi connectivity index (χ2v) is 4.63. The summed E-state index contributed by atoms with van der Waals surface area (Å²) < 4.78 is 25.7. The van der Waals surface area contributed by atoms with E-state index in [0.717, 1.165) is 12.1 Å². The molecule has 4 N–H and O–H groups in total. The highest BCUT2D eigenvalue weighted by Crippen LogP contribution is 2.26. The Labute approximate surface area is 136 Å². The topological polar surface area (TPSA) is 98.7 Å². The van der Waals surface area contributed by atoms with Gasteiger partial charge < -0.3 is 20.8 Å². The molecule has 2 aromatic rings. The fourth-order valence-electron chi connectivity index (χ4n) is 1.63. The van der Waals surface area contributed by atoms with Crippen LogP contribution in [0.5, 0.6) is 11.5 Å². The van der Waals surface area contributed by atoms with Crippen molar-refractivity contribution >= 4 is 23.2 Å². The molecule has 0 heterocycles. The van der Waals surface area contributed by atoms with Crippen molar-refractivity contribution in [2.24, 2.45) is 0 Å². The van der Waals surface area contributed by atoms with E-state index in [1.807, 2.05) is 0 Å². The molecule has 128 valence electrons. The summed E-state index contributed by atoms with van der Waals surface area (Å²) in [5.74, 6) is -2.68. The van der Waals surface area contributed by atoms with Crippen LogP contribution in [-0.2, 0) is 9.59 Å². The van der Waals surface area contributed by atoms with Crippen molar-refractivity contribution in [1.29, 1.82) is 0 Å². The van der Waals surface area contributed by atoms with Crippen LogP contribution >= 0.6 is 0 Å². The number of carbonyl (C=O) groups excluding carboxylic acids is 2. The molecule has 0 saturated carbocycles. The van der Waals surface area contributed by atoms with Crippen molar-refractivity contribution in [2.45, 2.75) is 13.8 Å². The third-order valence-corrected chi connectivity index (χ3v) is 2.59. The number of rotatable bonds is 2. The van der Waals surface area contributed by atoms with Crippen molar-refractivity contribution in [3.8, 4) is 11.5 Å². The number of anilines is 2. The van der Waals surface area contributed by atoms with E-state index in [2.05, 4.69) is 10.6 Å². The van der Waals surface area contributed by atoms with Gasteiger partial charge in [-0.15, -0.1) is 0 Å². The van der Waals surface area contributed by atoms with E-state index in [4.69, 9.17) is 10.2 Å². The molecule has 0 bridgehead atoms. The first-order valence-corrected chi connectivity index (χ1v) is 6.72. The molecular formula is C16H16F2N2O4. The molecule has 0 atom stereocenters. The molecule has 2 amide bonds. The molecule has 0 radical (unpaired) electrons. The molecule has 6 nitrogen and oxygen atoms in total. The smallest absolute Gasteiger partial charge is 0.221 e. The molecule has 0 unspecified atom stereocenters. The molecule has 0 spiro atoms. The summed E-state index contributed by atoms with van der Waals surface area (Å²) in [7, 11) is 0. The molecule has 0 aliphatic heterocycles. The molecule has 0 aliphatic rings. The maximum absolute atomic E-state index is 12.8. The van der Waals surface area contributed by atoms with Gasteiger partial charge in [0, 0.05) is 13.8 Å². The lowest BCUT2D eigenvalue weighted by molar-refractivity contribution is -0.115. The number of amides is 2. The Hall–Kier alpha value is -3.16. The fraction of sp³-hybridized carbons (Fsp3) is 0.125. The van der Waals surface area contributed by atoms with Crippen LogP contribution in [0.4, 0.5) is 20.2 Å². The number of nitrogens with one attached hydrogen (secondary N) is 2. The highest BCUT2D eigenvalue weighted by Gasteiger charge is 2.08. The van der Waals surface area contributed by atoms with Crippen molar-refractivity contribution in [1.82, 2.24) is 0 Å². The second-order valence-electron chi connectivity index (χ2n) is 4.63. The Morgan fingerprint density at radius 1 is 0.792 bits per heavy atom. The third-order valence-electron chi connectivity index (χ3n) is 2.59. The van der Waals surface area contributed by atoms with Crippen molar-refractivity contribution in [2.75, 3.05) is 10.6 Å². The van der Waals surface area contributed by atoms with Crippen LogP contribution in [0.3, 0.4) is 0 Å². The number of hydrogen-bond donors (Lipinski definition) is 4. The van der Waals surface area contributed by atoms with E-state index in [0.29, 0.717) is 0 Å². The fourth-order valence-corrected chi connectivity index (χ4v) is 1.63. The zero-order valence-electron chi connectivity index (χ0n) is 12.9. The van der Waals surface area contributed by atoms with Gasteiger partial charge in [0.2, 0.25) is 11.8 Å². The van der Waals surface area contributed by atoms with E-state index >= 15 is 0 Å². The third kappa shape index (κ3) is 5.56. The van der Waals surface area contributed by atoms with Gasteiger partial charge in [0.1, 0.15) is 22.9 Å². The number of phenols is 2. The van der Waals surface area contributed by atoms with Gasteiger partial charge in [0.05, 0.1) is 0 Å². The minimum atomic E-state index is -0.648. The Bertz CT molecular complexity index is 647. The van der Waals surface area contributed by atoms with E-state index in [-0.39, 0.29) is 22.9 Å². The average molecular weight is 338 g/mol. The Morgan fingerprint density at radius 2 is 1.12 bits per heavy atom. The highest BCUT2D eigenvalue weighted by molar-refractivity contribution is 5.91. The summed E-state index contributed by atoms with van der Waals surface area (Å²) in [4.78, 5) is 21.1. The standard InChI is InChI=1S/2C8H8FNO2/c2*1-5(11)10-8-6(9)3-2-4-7(8)12/h2*2-4,12H,1H3,(H,10,11). The molecule has 0 aromatic heterocycles. The van der Waals surface area contributed by atoms with Gasteiger partial charge in [-0.1, -0.05) is 12.1 Å². The molecule has 0 aliphatic carbocycles. The van der Waals surface area contributed by atoms with Gasteiger partial charge in [-0.25, -0.2) is 8.78 Å². The monoisotopic (exact) mass is 338 g/mol. The summed E-state index contributed by atoms with van der Waals surface area (Å²) in [6.45, 7) is 2.48. The zero-order chi connectivity index (χ0) is 18.3. The number of phenolic OH excluding ortho intramolecular Hbond substituents is 2.